The number of nitrogens with zero attached hydrogens (tertiary/aromatic N) is 1. The zero-order valence-electron chi connectivity index (χ0n) is 6.90. The summed E-state index contributed by atoms with van der Waals surface area (Å²) in [5.74, 6) is 0.813. The van der Waals surface area contributed by atoms with Crippen molar-refractivity contribution in [2.24, 2.45) is 5.92 Å². The van der Waals surface area contributed by atoms with Crippen molar-refractivity contribution in [2.45, 2.75) is 27.2 Å². The summed E-state index contributed by atoms with van der Waals surface area (Å²) < 4.78 is 0. The van der Waals surface area contributed by atoms with Crippen LogP contribution >= 0.6 is 0 Å². The summed E-state index contributed by atoms with van der Waals surface area (Å²) in [4.78, 5) is 18.6. The molecular formula is C6H13NO4. The van der Waals surface area contributed by atoms with E-state index in [9.17, 15) is 4.79 Å². The molecule has 1 N–H and O–H groups in total. The minimum absolute atomic E-state index is 0.287. The van der Waals surface area contributed by atoms with Gasteiger partial charge in [-0.1, -0.05) is 13.8 Å². The van der Waals surface area contributed by atoms with Gasteiger partial charge in [-0.25, -0.2) is 0 Å². The SMILES string of the molecule is CC(=O)CC(C)C.O=[N+]([O-])O. The van der Waals surface area contributed by atoms with Gasteiger partial charge in [0.25, 0.3) is 5.09 Å². The predicted octanol–water partition coefficient (Wildman–Crippen LogP) is 1.27. The first-order valence-corrected chi connectivity index (χ1v) is 3.19. The molecule has 0 bridgehead atoms. The topological polar surface area (TPSA) is 80.4 Å². The summed E-state index contributed by atoms with van der Waals surface area (Å²) >= 11 is 0. The Morgan fingerprint density at radius 2 is 1.91 bits per heavy atom. The van der Waals surface area contributed by atoms with Crippen LogP contribution in [0.15, 0.2) is 0 Å². The second kappa shape index (κ2) is 6.98. The zero-order valence-corrected chi connectivity index (χ0v) is 6.90. The van der Waals surface area contributed by atoms with Gasteiger partial charge in [0.15, 0.2) is 0 Å². The van der Waals surface area contributed by atoms with E-state index in [4.69, 9.17) is 15.3 Å². The molecule has 0 saturated carbocycles. The van der Waals surface area contributed by atoms with Crippen molar-refractivity contribution in [1.82, 2.24) is 0 Å². The smallest absolute Gasteiger partial charge is 0.291 e. The highest BCUT2D eigenvalue weighted by Crippen LogP contribution is 1.97. The molecule has 0 aliphatic heterocycles. The second-order valence-corrected chi connectivity index (χ2v) is 2.54. The highest BCUT2D eigenvalue weighted by atomic mass is 16.9. The number of hydrogen-bond donors (Lipinski definition) is 1. The quantitative estimate of drug-likeness (QED) is 0.491. The van der Waals surface area contributed by atoms with Crippen LogP contribution in [0.4, 0.5) is 0 Å². The molecule has 5 nitrogen and oxygen atoms in total. The second-order valence-electron chi connectivity index (χ2n) is 2.54. The molecule has 0 unspecified atom stereocenters. The maximum absolute atomic E-state index is 10.3. The van der Waals surface area contributed by atoms with E-state index in [0.29, 0.717) is 5.92 Å². The van der Waals surface area contributed by atoms with E-state index in [2.05, 4.69) is 0 Å². The molecule has 0 atom stereocenters. The lowest BCUT2D eigenvalue weighted by Crippen LogP contribution is -1.95. The van der Waals surface area contributed by atoms with Gasteiger partial charge in [0.05, 0.1) is 0 Å². The average Bonchev–Trinajstić information content (AvgIpc) is 1.56. The van der Waals surface area contributed by atoms with Crippen LogP contribution in [0.5, 0.6) is 0 Å². The molecular weight excluding hydrogens is 150 g/mol. The molecule has 11 heavy (non-hydrogen) atoms. The lowest BCUT2D eigenvalue weighted by Gasteiger charge is -1.95. The molecule has 0 aliphatic rings. The fraction of sp³-hybridized carbons (Fsp3) is 0.833. The van der Waals surface area contributed by atoms with Crippen LogP contribution in [-0.2, 0) is 4.79 Å². The number of carbonyl (C=O) groups is 1. The predicted molar refractivity (Wildman–Crippen MR) is 38.9 cm³/mol. The lowest BCUT2D eigenvalue weighted by atomic mass is 10.1. The van der Waals surface area contributed by atoms with Gasteiger partial charge in [0.2, 0.25) is 0 Å². The van der Waals surface area contributed by atoms with Crippen molar-refractivity contribution in [3.8, 4) is 0 Å². The molecule has 0 aromatic carbocycles. The highest BCUT2D eigenvalue weighted by Gasteiger charge is 1.95. The van der Waals surface area contributed by atoms with Crippen LogP contribution in [0.1, 0.15) is 27.2 Å². The summed E-state index contributed by atoms with van der Waals surface area (Å²) in [6.07, 6.45) is 0.722. The summed E-state index contributed by atoms with van der Waals surface area (Å²) in [6, 6.07) is 0. The van der Waals surface area contributed by atoms with E-state index >= 15 is 0 Å². The molecule has 0 rings (SSSR count). The highest BCUT2D eigenvalue weighted by molar-refractivity contribution is 5.75. The molecule has 66 valence electrons. The molecule has 5 heteroatoms. The molecule has 0 radical (unpaired) electrons. The van der Waals surface area contributed by atoms with Gasteiger partial charge in [0, 0.05) is 6.42 Å². The van der Waals surface area contributed by atoms with Crippen LogP contribution in [0.2, 0.25) is 0 Å². The van der Waals surface area contributed by atoms with Gasteiger partial charge in [-0.05, 0) is 12.8 Å². The third-order valence-corrected chi connectivity index (χ3v) is 0.696. The van der Waals surface area contributed by atoms with Crippen LogP contribution < -0.4 is 0 Å². The number of carbonyl (C=O) groups excluding carboxylic acids is 1. The Morgan fingerprint density at radius 3 is 1.91 bits per heavy atom. The van der Waals surface area contributed by atoms with Gasteiger partial charge in [-0.3, -0.25) is 0 Å². The first-order chi connectivity index (χ1) is 4.86. The zero-order chi connectivity index (χ0) is 9.44. The van der Waals surface area contributed by atoms with Crippen molar-refractivity contribution in [3.63, 3.8) is 0 Å². The Hall–Kier alpha value is -1.13. The molecule has 0 aromatic rings. The van der Waals surface area contributed by atoms with Gasteiger partial charge in [0.1, 0.15) is 5.78 Å². The Balaban J connectivity index is 0. The van der Waals surface area contributed by atoms with Crippen LogP contribution in [0, 0.1) is 16.0 Å². The van der Waals surface area contributed by atoms with Crippen LogP contribution in [0.25, 0.3) is 0 Å². The first kappa shape index (κ1) is 12.5. The summed E-state index contributed by atoms with van der Waals surface area (Å²) in [6.45, 7) is 5.71. The van der Waals surface area contributed by atoms with Crippen molar-refractivity contribution in [1.29, 1.82) is 0 Å². The Labute approximate surface area is 65.1 Å². The van der Waals surface area contributed by atoms with E-state index in [1.165, 1.54) is 0 Å². The van der Waals surface area contributed by atoms with Crippen molar-refractivity contribution < 1.29 is 15.1 Å². The molecule has 0 fully saturated rings. The van der Waals surface area contributed by atoms with Crippen molar-refractivity contribution >= 4 is 5.78 Å². The van der Waals surface area contributed by atoms with Gasteiger partial charge in [-0.2, -0.15) is 0 Å². The summed E-state index contributed by atoms with van der Waals surface area (Å²) in [7, 11) is 0. The van der Waals surface area contributed by atoms with Crippen molar-refractivity contribution in [3.05, 3.63) is 10.1 Å². The fourth-order valence-corrected chi connectivity index (χ4v) is 0.575. The van der Waals surface area contributed by atoms with E-state index in [-0.39, 0.29) is 5.78 Å². The maximum Gasteiger partial charge on any atom is 0.291 e. The van der Waals surface area contributed by atoms with E-state index in [0.717, 1.165) is 6.42 Å². The molecule has 0 spiro atoms. The number of Topliss-reactive ketones (excluding diaryl/α,β-unsaturated/α-hetero) is 1. The normalized spacial score (nSPS) is 8.36. The summed E-state index contributed by atoms with van der Waals surface area (Å²) in [5, 5.41) is 13.6. The minimum atomic E-state index is -1.50. The summed E-state index contributed by atoms with van der Waals surface area (Å²) in [5.41, 5.74) is 0. The number of hydrogen-bond acceptors (Lipinski definition) is 3. The molecule has 0 saturated heterocycles. The third kappa shape index (κ3) is 50.8. The monoisotopic (exact) mass is 163 g/mol. The van der Waals surface area contributed by atoms with E-state index in [1.54, 1.807) is 6.92 Å². The van der Waals surface area contributed by atoms with Crippen LogP contribution in [-0.4, -0.2) is 16.1 Å². The first-order valence-electron chi connectivity index (χ1n) is 3.19. The van der Waals surface area contributed by atoms with E-state index < -0.39 is 5.09 Å². The third-order valence-electron chi connectivity index (χ3n) is 0.696. The fourth-order valence-electron chi connectivity index (χ4n) is 0.575. The largest absolute Gasteiger partial charge is 0.328 e. The molecule has 0 amide bonds. The van der Waals surface area contributed by atoms with Crippen molar-refractivity contribution in [2.75, 3.05) is 0 Å². The van der Waals surface area contributed by atoms with Gasteiger partial charge < -0.3 is 10.0 Å². The molecule has 0 aliphatic carbocycles. The van der Waals surface area contributed by atoms with Gasteiger partial charge >= 0.3 is 0 Å². The standard InChI is InChI=1S/C6H12O.HNO3/c1-5(2)4-6(3)7;2-1(3)4/h5H,4H2,1-3H3;(H,2,3,4). The van der Waals surface area contributed by atoms with Crippen LogP contribution in [0.3, 0.4) is 0 Å². The number of rotatable bonds is 2. The van der Waals surface area contributed by atoms with E-state index in [1.807, 2.05) is 13.8 Å². The number of ketones is 1. The van der Waals surface area contributed by atoms with Gasteiger partial charge in [-0.15, -0.1) is 10.1 Å². The molecule has 0 heterocycles. The lowest BCUT2D eigenvalue weighted by molar-refractivity contribution is -0.742. The molecule has 0 aromatic heterocycles. The Bertz CT molecular complexity index is 129. The maximum atomic E-state index is 10.3. The Morgan fingerprint density at radius 1 is 1.64 bits per heavy atom. The minimum Gasteiger partial charge on any atom is -0.328 e. The Kier molecular flexibility index (Phi) is 7.96. The average molecular weight is 163 g/mol.